The molecule has 1 saturated heterocycles. The van der Waals surface area contributed by atoms with E-state index in [1.807, 2.05) is 6.07 Å². The molecule has 2 aliphatic rings. The summed E-state index contributed by atoms with van der Waals surface area (Å²) >= 11 is 12.4. The summed E-state index contributed by atoms with van der Waals surface area (Å²) < 4.78 is 0. The fraction of sp³-hybridized carbons (Fsp3) is 0.476. The van der Waals surface area contributed by atoms with Crippen LogP contribution in [0.25, 0.3) is 11.3 Å². The highest BCUT2D eigenvalue weighted by molar-refractivity contribution is 6.43. The predicted octanol–water partition coefficient (Wildman–Crippen LogP) is 5.73. The fourth-order valence-electron chi connectivity index (χ4n) is 4.73. The van der Waals surface area contributed by atoms with E-state index < -0.39 is 0 Å². The van der Waals surface area contributed by atoms with Crippen molar-refractivity contribution in [2.24, 2.45) is 11.3 Å². The summed E-state index contributed by atoms with van der Waals surface area (Å²) in [6, 6.07) is 7.50. The van der Waals surface area contributed by atoms with Crippen LogP contribution >= 0.6 is 23.2 Å². The first-order chi connectivity index (χ1) is 13.0. The predicted molar refractivity (Wildman–Crippen MR) is 109 cm³/mol. The molecule has 1 atom stereocenters. The van der Waals surface area contributed by atoms with Crippen LogP contribution in [0.4, 0.5) is 5.82 Å². The second-order valence-electron chi connectivity index (χ2n) is 7.78. The Bertz CT molecular complexity index is 898. The molecule has 1 spiro atoms. The van der Waals surface area contributed by atoms with Gasteiger partial charge in [-0.25, -0.2) is 9.97 Å². The highest BCUT2D eigenvalue weighted by atomic mass is 35.5. The summed E-state index contributed by atoms with van der Waals surface area (Å²) in [6.45, 7) is 4.35. The molecule has 0 bridgehead atoms. The molecule has 6 heteroatoms. The van der Waals surface area contributed by atoms with E-state index in [1.165, 1.54) is 32.1 Å². The molecule has 1 aromatic heterocycles. The minimum absolute atomic E-state index is 0.284. The molecule has 2 fully saturated rings. The third kappa shape index (κ3) is 3.28. The van der Waals surface area contributed by atoms with Crippen LogP contribution in [0.3, 0.4) is 0 Å². The Labute approximate surface area is 170 Å². The quantitative estimate of drug-likeness (QED) is 0.645. The number of hydrogen-bond donors (Lipinski definition) is 0. The first kappa shape index (κ1) is 18.5. The van der Waals surface area contributed by atoms with Gasteiger partial charge in [0.25, 0.3) is 0 Å². The lowest BCUT2D eigenvalue weighted by molar-refractivity contribution is 0.161. The van der Waals surface area contributed by atoms with E-state index >= 15 is 0 Å². The number of benzene rings is 1. The van der Waals surface area contributed by atoms with E-state index in [4.69, 9.17) is 23.2 Å². The summed E-state index contributed by atoms with van der Waals surface area (Å²) in [4.78, 5) is 11.4. The van der Waals surface area contributed by atoms with Gasteiger partial charge in [0.1, 0.15) is 17.6 Å². The summed E-state index contributed by atoms with van der Waals surface area (Å²) in [7, 11) is 0. The van der Waals surface area contributed by atoms with Gasteiger partial charge in [-0.1, -0.05) is 55.1 Å². The largest absolute Gasteiger partial charge is 0.355 e. The third-order valence-electron chi connectivity index (χ3n) is 6.51. The maximum atomic E-state index is 9.62. The van der Waals surface area contributed by atoms with Crippen molar-refractivity contribution >= 4 is 29.0 Å². The molecule has 2 aromatic rings. The Balaban J connectivity index is 1.59. The summed E-state index contributed by atoms with van der Waals surface area (Å²) in [5.74, 6) is 1.58. The Kier molecular flexibility index (Phi) is 5.01. The topological polar surface area (TPSA) is 52.8 Å². The minimum atomic E-state index is 0.284. The van der Waals surface area contributed by atoms with Crippen molar-refractivity contribution in [1.82, 2.24) is 9.97 Å². The average Bonchev–Trinajstić information content (AvgIpc) is 3.04. The molecular weight excluding hydrogens is 379 g/mol. The van der Waals surface area contributed by atoms with Crippen LogP contribution in [0.5, 0.6) is 0 Å². The van der Waals surface area contributed by atoms with E-state index in [-0.39, 0.29) is 5.69 Å². The van der Waals surface area contributed by atoms with Gasteiger partial charge in [-0.2, -0.15) is 5.26 Å². The lowest BCUT2D eigenvalue weighted by atomic mass is 9.71. The molecule has 1 saturated carbocycles. The van der Waals surface area contributed by atoms with Crippen molar-refractivity contribution in [1.29, 1.82) is 5.26 Å². The maximum absolute atomic E-state index is 9.62. The summed E-state index contributed by atoms with van der Waals surface area (Å²) in [5.41, 5.74) is 1.91. The van der Waals surface area contributed by atoms with Gasteiger partial charge in [-0.3, -0.25) is 0 Å². The number of nitriles is 1. The van der Waals surface area contributed by atoms with Crippen LogP contribution in [0, 0.1) is 22.7 Å². The Morgan fingerprint density at radius 2 is 2.00 bits per heavy atom. The van der Waals surface area contributed by atoms with Crippen molar-refractivity contribution in [3.8, 4) is 17.3 Å². The van der Waals surface area contributed by atoms with Crippen molar-refractivity contribution in [2.75, 3.05) is 18.0 Å². The number of hydrogen-bond acceptors (Lipinski definition) is 4. The monoisotopic (exact) mass is 400 g/mol. The van der Waals surface area contributed by atoms with Gasteiger partial charge in [-0.05, 0) is 36.7 Å². The SMILES string of the molecule is C[C@@H]1CCCC12CCN(c1cnc(-c3cccc(Cl)c3Cl)c(C#N)n1)CC2. The first-order valence-corrected chi connectivity index (χ1v) is 10.3. The second kappa shape index (κ2) is 7.30. The standard InChI is InChI=1S/C21H22Cl2N4/c1-14-4-3-7-21(14)8-10-27(11-9-21)18-13-25-20(17(12-24)26-18)15-5-2-6-16(22)19(15)23/h2,5-6,13-14H,3-4,7-11H2,1H3/t14-/m1/s1. The Hall–Kier alpha value is -1.83. The molecule has 27 heavy (non-hydrogen) atoms. The molecule has 0 radical (unpaired) electrons. The molecular formula is C21H22Cl2N4. The second-order valence-corrected chi connectivity index (χ2v) is 8.57. The lowest BCUT2D eigenvalue weighted by Gasteiger charge is -2.42. The zero-order chi connectivity index (χ0) is 19.0. The zero-order valence-corrected chi connectivity index (χ0v) is 16.9. The van der Waals surface area contributed by atoms with Crippen LogP contribution in [-0.2, 0) is 0 Å². The third-order valence-corrected chi connectivity index (χ3v) is 7.33. The minimum Gasteiger partial charge on any atom is -0.355 e. The molecule has 4 rings (SSSR count). The van der Waals surface area contributed by atoms with Gasteiger partial charge in [0.05, 0.1) is 16.2 Å². The molecule has 0 amide bonds. The van der Waals surface area contributed by atoms with Crippen LogP contribution in [0.2, 0.25) is 10.0 Å². The fourth-order valence-corrected chi connectivity index (χ4v) is 5.12. The molecule has 0 N–H and O–H groups in total. The Morgan fingerprint density at radius 3 is 2.67 bits per heavy atom. The molecule has 4 nitrogen and oxygen atoms in total. The maximum Gasteiger partial charge on any atom is 0.169 e. The molecule has 1 aliphatic heterocycles. The van der Waals surface area contributed by atoms with E-state index in [9.17, 15) is 5.26 Å². The highest BCUT2D eigenvalue weighted by Crippen LogP contribution is 2.50. The summed E-state index contributed by atoms with van der Waals surface area (Å²) in [6.07, 6.45) is 8.20. The number of halogens is 2. The van der Waals surface area contributed by atoms with Crippen molar-refractivity contribution < 1.29 is 0 Å². The van der Waals surface area contributed by atoms with E-state index in [0.29, 0.717) is 26.7 Å². The first-order valence-electron chi connectivity index (χ1n) is 9.50. The van der Waals surface area contributed by atoms with Gasteiger partial charge in [0.2, 0.25) is 0 Å². The number of anilines is 1. The normalized spacial score (nSPS) is 21.4. The van der Waals surface area contributed by atoms with Crippen LogP contribution in [0.15, 0.2) is 24.4 Å². The summed E-state index contributed by atoms with van der Waals surface area (Å²) in [5, 5.41) is 10.5. The molecule has 2 heterocycles. The van der Waals surface area contributed by atoms with Crippen molar-refractivity contribution in [3.63, 3.8) is 0 Å². The average molecular weight is 401 g/mol. The van der Waals surface area contributed by atoms with E-state index in [2.05, 4.69) is 27.9 Å². The number of rotatable bonds is 2. The van der Waals surface area contributed by atoms with Gasteiger partial charge < -0.3 is 4.90 Å². The number of piperidine rings is 1. The van der Waals surface area contributed by atoms with Gasteiger partial charge in [-0.15, -0.1) is 0 Å². The van der Waals surface area contributed by atoms with E-state index in [1.54, 1.807) is 18.3 Å². The van der Waals surface area contributed by atoms with E-state index in [0.717, 1.165) is 24.8 Å². The van der Waals surface area contributed by atoms with Gasteiger partial charge in [0, 0.05) is 18.7 Å². The number of aromatic nitrogens is 2. The number of nitrogens with zero attached hydrogens (tertiary/aromatic N) is 4. The molecule has 1 aliphatic carbocycles. The van der Waals surface area contributed by atoms with Crippen LogP contribution < -0.4 is 4.90 Å². The van der Waals surface area contributed by atoms with Crippen molar-refractivity contribution in [3.05, 3.63) is 40.1 Å². The Morgan fingerprint density at radius 1 is 1.22 bits per heavy atom. The molecule has 1 aromatic carbocycles. The molecule has 0 unspecified atom stereocenters. The van der Waals surface area contributed by atoms with Crippen molar-refractivity contribution in [2.45, 2.75) is 39.0 Å². The van der Waals surface area contributed by atoms with Gasteiger partial charge in [0.15, 0.2) is 5.69 Å². The zero-order valence-electron chi connectivity index (χ0n) is 15.4. The van der Waals surface area contributed by atoms with Crippen LogP contribution in [-0.4, -0.2) is 23.1 Å². The highest BCUT2D eigenvalue weighted by Gasteiger charge is 2.42. The smallest absolute Gasteiger partial charge is 0.169 e. The van der Waals surface area contributed by atoms with Crippen LogP contribution in [0.1, 0.15) is 44.7 Å². The molecule has 140 valence electrons. The van der Waals surface area contributed by atoms with Gasteiger partial charge >= 0.3 is 0 Å². The lowest BCUT2D eigenvalue weighted by Crippen LogP contribution is -2.41.